The van der Waals surface area contributed by atoms with Crippen LogP contribution in [-0.2, 0) is 6.54 Å². The van der Waals surface area contributed by atoms with Crippen molar-refractivity contribution in [2.75, 3.05) is 5.32 Å². The van der Waals surface area contributed by atoms with E-state index < -0.39 is 0 Å². The topological polar surface area (TPSA) is 127 Å². The summed E-state index contributed by atoms with van der Waals surface area (Å²) >= 11 is 0. The largest absolute Gasteiger partial charge is 0.364 e. The third-order valence-electron chi connectivity index (χ3n) is 5.73. The van der Waals surface area contributed by atoms with Crippen LogP contribution >= 0.6 is 0 Å². The highest BCUT2D eigenvalue weighted by atomic mass is 19.1. The van der Waals surface area contributed by atoms with E-state index in [1.807, 2.05) is 0 Å². The van der Waals surface area contributed by atoms with Crippen LogP contribution in [0.5, 0.6) is 0 Å². The zero-order valence-corrected chi connectivity index (χ0v) is 18.3. The Morgan fingerprint density at radius 2 is 2.06 bits per heavy atom. The second-order valence-electron chi connectivity index (χ2n) is 8.25. The van der Waals surface area contributed by atoms with E-state index in [2.05, 4.69) is 35.7 Å². The normalized spacial score (nSPS) is 13.2. The van der Waals surface area contributed by atoms with Crippen LogP contribution < -0.4 is 5.32 Å². The average molecular weight is 470 g/mol. The van der Waals surface area contributed by atoms with E-state index in [4.69, 9.17) is 4.52 Å². The molecule has 6 rings (SSSR count). The summed E-state index contributed by atoms with van der Waals surface area (Å²) in [7, 11) is 0. The number of benzene rings is 1. The molecule has 0 radical (unpaired) electrons. The van der Waals surface area contributed by atoms with E-state index >= 15 is 0 Å². The smallest absolute Gasteiger partial charge is 0.277 e. The van der Waals surface area contributed by atoms with Gasteiger partial charge in [-0.2, -0.15) is 10.2 Å². The van der Waals surface area contributed by atoms with Gasteiger partial charge in [0.2, 0.25) is 0 Å². The lowest BCUT2D eigenvalue weighted by Gasteiger charge is -2.06. The summed E-state index contributed by atoms with van der Waals surface area (Å²) in [5, 5.41) is 18.4. The van der Waals surface area contributed by atoms with Crippen molar-refractivity contribution in [2.24, 2.45) is 0 Å². The van der Waals surface area contributed by atoms with Crippen LogP contribution in [0.25, 0.3) is 22.9 Å². The standard InChI is InChI=1S/C24H19FN8O2/c25-16-4-2-1-3-15(16)13-33-21(17-8-10-35-32-17)12-19(31-33)23-26-9-7-22(27-23)28-24(34)20-11-18(29-30-20)14-5-6-14/h1-4,7-12,14H,5-6,13H2,(H,29,30)(H,26,27,28,34). The summed E-state index contributed by atoms with van der Waals surface area (Å²) in [5.74, 6) is 0.363. The lowest BCUT2D eigenvalue weighted by molar-refractivity contribution is 0.102. The van der Waals surface area contributed by atoms with E-state index in [1.165, 1.54) is 18.5 Å². The van der Waals surface area contributed by atoms with E-state index in [1.54, 1.807) is 47.1 Å². The van der Waals surface area contributed by atoms with E-state index in [0.717, 1.165) is 18.5 Å². The maximum atomic E-state index is 14.3. The minimum atomic E-state index is -0.369. The minimum absolute atomic E-state index is 0.174. The fourth-order valence-electron chi connectivity index (χ4n) is 3.77. The zero-order chi connectivity index (χ0) is 23.8. The van der Waals surface area contributed by atoms with Gasteiger partial charge in [-0.15, -0.1) is 0 Å². The van der Waals surface area contributed by atoms with E-state index in [-0.39, 0.29) is 18.3 Å². The highest BCUT2D eigenvalue weighted by Crippen LogP contribution is 2.39. The van der Waals surface area contributed by atoms with Crippen molar-refractivity contribution in [1.82, 2.24) is 35.1 Å². The van der Waals surface area contributed by atoms with Gasteiger partial charge in [0.25, 0.3) is 5.91 Å². The summed E-state index contributed by atoms with van der Waals surface area (Å²) in [6, 6.07) is 13.3. The molecule has 1 aliphatic rings. The van der Waals surface area contributed by atoms with Crippen LogP contribution in [0, 0.1) is 5.82 Å². The number of hydrogen-bond donors (Lipinski definition) is 2. The van der Waals surface area contributed by atoms with Gasteiger partial charge in [-0.25, -0.2) is 14.4 Å². The predicted molar refractivity (Wildman–Crippen MR) is 123 cm³/mol. The van der Waals surface area contributed by atoms with Gasteiger partial charge in [0.1, 0.15) is 29.3 Å². The Labute approximate surface area is 198 Å². The summed E-state index contributed by atoms with van der Waals surface area (Å²) in [5.41, 5.74) is 3.33. The average Bonchev–Trinajstić information content (AvgIpc) is 3.26. The van der Waals surface area contributed by atoms with E-state index in [9.17, 15) is 9.18 Å². The van der Waals surface area contributed by atoms with Crippen LogP contribution in [0.3, 0.4) is 0 Å². The monoisotopic (exact) mass is 470 g/mol. The van der Waals surface area contributed by atoms with Gasteiger partial charge in [0.15, 0.2) is 11.5 Å². The molecule has 4 heterocycles. The summed E-state index contributed by atoms with van der Waals surface area (Å²) in [4.78, 5) is 21.4. The van der Waals surface area contributed by atoms with Crippen LogP contribution in [-0.4, -0.2) is 41.0 Å². The molecule has 0 atom stereocenters. The molecule has 0 saturated heterocycles. The van der Waals surface area contributed by atoms with Crippen LogP contribution in [0.2, 0.25) is 0 Å². The summed E-state index contributed by atoms with van der Waals surface area (Å²) in [6.07, 6.45) is 5.20. The number of hydrogen-bond acceptors (Lipinski definition) is 7. The first-order valence-corrected chi connectivity index (χ1v) is 11.1. The van der Waals surface area contributed by atoms with Crippen molar-refractivity contribution in [2.45, 2.75) is 25.3 Å². The molecule has 4 aromatic heterocycles. The Balaban J connectivity index is 1.29. The number of nitrogens with zero attached hydrogens (tertiary/aromatic N) is 6. The fourth-order valence-corrected chi connectivity index (χ4v) is 3.77. The molecule has 0 aliphatic heterocycles. The van der Waals surface area contributed by atoms with Crippen LogP contribution in [0.4, 0.5) is 10.2 Å². The molecule has 1 aliphatic carbocycles. The predicted octanol–water partition coefficient (Wildman–Crippen LogP) is 4.04. The number of rotatable bonds is 7. The molecular weight excluding hydrogens is 451 g/mol. The summed E-state index contributed by atoms with van der Waals surface area (Å²) in [6.45, 7) is 0.174. The molecule has 1 fully saturated rings. The van der Waals surface area contributed by atoms with Crippen molar-refractivity contribution in [3.05, 3.63) is 83.8 Å². The molecule has 174 valence electrons. The Hall–Kier alpha value is -4.67. The number of carbonyl (C=O) groups is 1. The van der Waals surface area contributed by atoms with Crippen molar-refractivity contribution in [1.29, 1.82) is 0 Å². The fraction of sp³-hybridized carbons (Fsp3) is 0.167. The first kappa shape index (κ1) is 20.9. The minimum Gasteiger partial charge on any atom is -0.364 e. The van der Waals surface area contributed by atoms with Crippen molar-refractivity contribution < 1.29 is 13.7 Å². The number of anilines is 1. The van der Waals surface area contributed by atoms with Gasteiger partial charge in [0.05, 0.1) is 12.2 Å². The molecule has 2 N–H and O–H groups in total. The van der Waals surface area contributed by atoms with Gasteiger partial charge in [-0.1, -0.05) is 23.4 Å². The number of amides is 1. The third-order valence-corrected chi connectivity index (χ3v) is 5.73. The lowest BCUT2D eigenvalue weighted by atomic mass is 10.2. The van der Waals surface area contributed by atoms with Crippen molar-refractivity contribution >= 4 is 11.7 Å². The van der Waals surface area contributed by atoms with Crippen LogP contribution in [0.1, 0.15) is 40.5 Å². The number of H-pyrrole nitrogens is 1. The molecule has 1 amide bonds. The number of nitrogens with one attached hydrogen (secondary N) is 2. The quantitative estimate of drug-likeness (QED) is 0.367. The lowest BCUT2D eigenvalue weighted by Crippen LogP contribution is -2.14. The first-order chi connectivity index (χ1) is 17.1. The zero-order valence-electron chi connectivity index (χ0n) is 18.3. The molecule has 10 nitrogen and oxygen atoms in total. The Morgan fingerprint density at radius 1 is 1.17 bits per heavy atom. The van der Waals surface area contributed by atoms with Gasteiger partial charge >= 0.3 is 0 Å². The van der Waals surface area contributed by atoms with Gasteiger partial charge < -0.3 is 9.84 Å². The highest BCUT2D eigenvalue weighted by Gasteiger charge is 2.26. The Kier molecular flexibility index (Phi) is 5.13. The maximum Gasteiger partial charge on any atom is 0.277 e. The third kappa shape index (κ3) is 4.31. The number of halogens is 1. The van der Waals surface area contributed by atoms with Gasteiger partial charge in [-0.3, -0.25) is 14.6 Å². The number of carbonyl (C=O) groups excluding carboxylic acids is 1. The molecule has 0 spiro atoms. The molecular formula is C24H19FN8O2. The molecule has 0 unspecified atom stereocenters. The molecule has 0 bridgehead atoms. The highest BCUT2D eigenvalue weighted by molar-refractivity contribution is 6.02. The second kappa shape index (κ2) is 8.60. The molecule has 35 heavy (non-hydrogen) atoms. The summed E-state index contributed by atoms with van der Waals surface area (Å²) < 4.78 is 20.9. The Morgan fingerprint density at radius 3 is 2.86 bits per heavy atom. The van der Waals surface area contributed by atoms with Gasteiger partial charge in [0, 0.05) is 29.4 Å². The first-order valence-electron chi connectivity index (χ1n) is 11.1. The maximum absolute atomic E-state index is 14.3. The molecule has 1 saturated carbocycles. The second-order valence-corrected chi connectivity index (χ2v) is 8.25. The van der Waals surface area contributed by atoms with E-state index in [0.29, 0.717) is 45.9 Å². The number of aromatic nitrogens is 7. The van der Waals surface area contributed by atoms with Crippen molar-refractivity contribution in [3.8, 4) is 22.9 Å². The van der Waals surface area contributed by atoms with Gasteiger partial charge in [-0.05, 0) is 37.1 Å². The number of aromatic amines is 1. The SMILES string of the molecule is O=C(Nc1ccnc(-c2cc(-c3ccon3)n(Cc3ccccc3F)n2)n1)c1cc(C2CC2)[nH]n1. The molecule has 1 aromatic carbocycles. The van der Waals surface area contributed by atoms with Crippen molar-refractivity contribution in [3.63, 3.8) is 0 Å². The molecule has 5 aromatic rings. The Bertz CT molecular complexity index is 1500. The molecule has 11 heteroatoms. The van der Waals surface area contributed by atoms with Crippen LogP contribution in [0.15, 0.2) is 65.5 Å².